The van der Waals surface area contributed by atoms with Crippen LogP contribution in [-0.4, -0.2) is 37.5 Å². The molecule has 1 aliphatic heterocycles. The molecule has 0 bridgehead atoms. The van der Waals surface area contributed by atoms with Crippen LogP contribution in [0.15, 0.2) is 11.8 Å². The van der Waals surface area contributed by atoms with Crippen LogP contribution in [0.25, 0.3) is 0 Å². The molecule has 2 fully saturated rings. The van der Waals surface area contributed by atoms with E-state index < -0.39 is 21.6 Å². The van der Waals surface area contributed by atoms with Crippen LogP contribution in [0.2, 0.25) is 0 Å². The van der Waals surface area contributed by atoms with Gasteiger partial charge in [0.05, 0.1) is 12.9 Å². The van der Waals surface area contributed by atoms with Crippen LogP contribution >= 0.6 is 0 Å². The third-order valence-corrected chi connectivity index (χ3v) is 6.96. The summed E-state index contributed by atoms with van der Waals surface area (Å²) in [6.07, 6.45) is 7.54. The van der Waals surface area contributed by atoms with Gasteiger partial charge in [-0.15, -0.1) is 0 Å². The average molecular weight is 276 g/mol. The van der Waals surface area contributed by atoms with Crippen LogP contribution < -0.4 is 0 Å². The van der Waals surface area contributed by atoms with Gasteiger partial charge in [0.15, 0.2) is 0 Å². The Hall–Kier alpha value is -0.160. The van der Waals surface area contributed by atoms with Crippen LogP contribution in [0, 0.1) is 0 Å². The number of rotatable bonds is 4. The van der Waals surface area contributed by atoms with Crippen molar-refractivity contribution in [3.8, 4) is 0 Å². The zero-order valence-electron chi connectivity index (χ0n) is 10.1. The standard InChI is InChI=1S/C12H20O3S2/c13-16-7-8-17(14)12(10-16)5-6-15-9-11-3-1-2-4-11/h9,12H,1-8,10H2. The van der Waals surface area contributed by atoms with E-state index in [1.807, 2.05) is 6.26 Å². The van der Waals surface area contributed by atoms with Crippen molar-refractivity contribution < 1.29 is 13.2 Å². The second-order valence-corrected chi connectivity index (χ2v) is 8.12. The summed E-state index contributed by atoms with van der Waals surface area (Å²) in [6.45, 7) is 0.608. The molecule has 3 unspecified atom stereocenters. The summed E-state index contributed by atoms with van der Waals surface area (Å²) < 4.78 is 28.6. The summed E-state index contributed by atoms with van der Waals surface area (Å²) in [7, 11) is -1.56. The molecule has 0 spiro atoms. The highest BCUT2D eigenvalue weighted by atomic mass is 32.2. The van der Waals surface area contributed by atoms with Crippen molar-refractivity contribution in [2.45, 2.75) is 37.4 Å². The van der Waals surface area contributed by atoms with Crippen LogP contribution in [0.5, 0.6) is 0 Å². The van der Waals surface area contributed by atoms with Crippen molar-refractivity contribution in [1.29, 1.82) is 0 Å². The van der Waals surface area contributed by atoms with Crippen molar-refractivity contribution in [1.82, 2.24) is 0 Å². The summed E-state index contributed by atoms with van der Waals surface area (Å²) >= 11 is 0. The lowest BCUT2D eigenvalue weighted by Crippen LogP contribution is -2.34. The molecule has 2 rings (SSSR count). The van der Waals surface area contributed by atoms with Gasteiger partial charge in [-0.05, 0) is 37.7 Å². The molecule has 0 N–H and O–H groups in total. The number of allylic oxidation sites excluding steroid dienone is 1. The first-order valence-corrected chi connectivity index (χ1v) is 9.14. The molecule has 3 nitrogen and oxygen atoms in total. The molecule has 0 aromatic rings. The second-order valence-electron chi connectivity index (χ2n) is 4.66. The number of hydrogen-bond acceptors (Lipinski definition) is 3. The van der Waals surface area contributed by atoms with E-state index >= 15 is 0 Å². The monoisotopic (exact) mass is 276 g/mol. The normalized spacial score (nSPS) is 33.6. The Labute approximate surface area is 108 Å². The fourth-order valence-corrected chi connectivity index (χ4v) is 6.15. The van der Waals surface area contributed by atoms with Gasteiger partial charge < -0.3 is 4.74 Å². The van der Waals surface area contributed by atoms with Crippen LogP contribution in [0.1, 0.15) is 32.1 Å². The SMILES string of the molecule is O=S1CCS(=O)C(CCOC=C2CCCC2)C1. The van der Waals surface area contributed by atoms with Crippen LogP contribution in [0.4, 0.5) is 0 Å². The first-order chi connectivity index (χ1) is 8.25. The molecule has 1 aliphatic carbocycles. The van der Waals surface area contributed by atoms with Crippen LogP contribution in [0.3, 0.4) is 0 Å². The van der Waals surface area contributed by atoms with E-state index in [0.29, 0.717) is 23.9 Å². The zero-order valence-corrected chi connectivity index (χ0v) is 11.7. The van der Waals surface area contributed by atoms with E-state index in [2.05, 4.69) is 0 Å². The van der Waals surface area contributed by atoms with E-state index in [1.54, 1.807) is 0 Å². The van der Waals surface area contributed by atoms with Crippen molar-refractivity contribution in [2.24, 2.45) is 0 Å². The van der Waals surface area contributed by atoms with Gasteiger partial charge in [-0.2, -0.15) is 0 Å². The molecule has 0 amide bonds. The molecule has 98 valence electrons. The maximum Gasteiger partial charge on any atom is 0.0885 e. The van der Waals surface area contributed by atoms with Gasteiger partial charge in [0, 0.05) is 44.1 Å². The van der Waals surface area contributed by atoms with Gasteiger partial charge in [-0.1, -0.05) is 0 Å². The number of hydrogen-bond donors (Lipinski definition) is 0. The zero-order chi connectivity index (χ0) is 12.1. The minimum atomic E-state index is -0.798. The summed E-state index contributed by atoms with van der Waals surface area (Å²) in [5.74, 6) is 1.79. The second kappa shape index (κ2) is 6.69. The van der Waals surface area contributed by atoms with E-state index in [-0.39, 0.29) is 5.25 Å². The lowest BCUT2D eigenvalue weighted by molar-refractivity contribution is 0.241. The Morgan fingerprint density at radius 1 is 1.24 bits per heavy atom. The highest BCUT2D eigenvalue weighted by Gasteiger charge is 2.24. The molecule has 1 saturated carbocycles. The van der Waals surface area contributed by atoms with Crippen molar-refractivity contribution in [3.05, 3.63) is 11.8 Å². The molecule has 0 aromatic heterocycles. The van der Waals surface area contributed by atoms with E-state index in [0.717, 1.165) is 6.42 Å². The lowest BCUT2D eigenvalue weighted by Gasteiger charge is -2.20. The molecule has 5 heteroatoms. The van der Waals surface area contributed by atoms with E-state index in [9.17, 15) is 8.42 Å². The van der Waals surface area contributed by atoms with Gasteiger partial charge in [0.1, 0.15) is 0 Å². The maximum absolute atomic E-state index is 11.7. The van der Waals surface area contributed by atoms with Gasteiger partial charge in [0.25, 0.3) is 0 Å². The van der Waals surface area contributed by atoms with Gasteiger partial charge in [-0.25, -0.2) is 0 Å². The molecule has 0 aromatic carbocycles. The van der Waals surface area contributed by atoms with Gasteiger partial charge in [-0.3, -0.25) is 8.42 Å². The molecule has 1 saturated heterocycles. The molecular weight excluding hydrogens is 256 g/mol. The fourth-order valence-electron chi connectivity index (χ4n) is 2.25. The first-order valence-electron chi connectivity index (χ1n) is 6.27. The van der Waals surface area contributed by atoms with Crippen molar-refractivity contribution in [2.75, 3.05) is 23.9 Å². The largest absolute Gasteiger partial charge is 0.501 e. The Morgan fingerprint density at radius 3 is 2.76 bits per heavy atom. The van der Waals surface area contributed by atoms with Crippen molar-refractivity contribution in [3.63, 3.8) is 0 Å². The van der Waals surface area contributed by atoms with E-state index in [4.69, 9.17) is 4.74 Å². The Bertz CT molecular complexity index is 331. The minimum Gasteiger partial charge on any atom is -0.501 e. The Kier molecular flexibility index (Phi) is 5.22. The Morgan fingerprint density at radius 2 is 2.00 bits per heavy atom. The van der Waals surface area contributed by atoms with Crippen molar-refractivity contribution >= 4 is 21.6 Å². The van der Waals surface area contributed by atoms with Gasteiger partial charge in [0.2, 0.25) is 0 Å². The summed E-state index contributed by atoms with van der Waals surface area (Å²) in [6, 6.07) is 0. The maximum atomic E-state index is 11.7. The predicted octanol–water partition coefficient (Wildman–Crippen LogP) is 1.73. The highest BCUT2D eigenvalue weighted by Crippen LogP contribution is 2.23. The summed E-state index contributed by atoms with van der Waals surface area (Å²) in [4.78, 5) is 0. The third-order valence-electron chi connectivity index (χ3n) is 3.31. The molecule has 2 aliphatic rings. The van der Waals surface area contributed by atoms with Crippen LogP contribution in [-0.2, 0) is 26.3 Å². The highest BCUT2D eigenvalue weighted by molar-refractivity contribution is 7.92. The lowest BCUT2D eigenvalue weighted by atomic mass is 10.3. The molecule has 1 heterocycles. The first kappa shape index (κ1) is 13.3. The molecule has 3 atom stereocenters. The third kappa shape index (κ3) is 4.21. The molecular formula is C12H20O3S2. The topological polar surface area (TPSA) is 43.4 Å². The number of ether oxygens (including phenoxy) is 1. The Balaban J connectivity index is 1.68. The quantitative estimate of drug-likeness (QED) is 0.580. The predicted molar refractivity (Wildman–Crippen MR) is 71.8 cm³/mol. The molecule has 0 radical (unpaired) electrons. The minimum absolute atomic E-state index is 0.0755. The summed E-state index contributed by atoms with van der Waals surface area (Å²) in [5, 5.41) is 0.0755. The fraction of sp³-hybridized carbons (Fsp3) is 0.833. The average Bonchev–Trinajstić information content (AvgIpc) is 2.82. The van der Waals surface area contributed by atoms with Gasteiger partial charge >= 0.3 is 0 Å². The summed E-state index contributed by atoms with van der Waals surface area (Å²) in [5.41, 5.74) is 1.40. The van der Waals surface area contributed by atoms with E-state index in [1.165, 1.54) is 31.3 Å². The smallest absolute Gasteiger partial charge is 0.0885 e. The molecule has 17 heavy (non-hydrogen) atoms.